The van der Waals surface area contributed by atoms with Crippen LogP contribution < -0.4 is 15.7 Å². The lowest BCUT2D eigenvalue weighted by Crippen LogP contribution is -2.41. The molecule has 1 saturated heterocycles. The van der Waals surface area contributed by atoms with Crippen LogP contribution in [0.2, 0.25) is 0 Å². The average Bonchev–Trinajstić information content (AvgIpc) is 2.82. The third-order valence-electron chi connectivity index (χ3n) is 5.35. The van der Waals surface area contributed by atoms with Crippen molar-refractivity contribution in [3.05, 3.63) is 48.2 Å². The largest absolute Gasteiger partial charge is 0.498 e. The summed E-state index contributed by atoms with van der Waals surface area (Å²) in [6, 6.07) is 12.5. The lowest BCUT2D eigenvalue weighted by atomic mass is 9.79. The van der Waals surface area contributed by atoms with Gasteiger partial charge in [0.1, 0.15) is 5.82 Å². The molecule has 1 N–H and O–H groups in total. The van der Waals surface area contributed by atoms with E-state index >= 15 is 0 Å². The number of hydrogen-bond acceptors (Lipinski definition) is 5. The van der Waals surface area contributed by atoms with Crippen LogP contribution in [-0.2, 0) is 15.9 Å². The third-order valence-corrected chi connectivity index (χ3v) is 5.35. The maximum Gasteiger partial charge on any atom is 0.498 e. The molecule has 5 nitrogen and oxygen atoms in total. The Bertz CT molecular complexity index is 749. The highest BCUT2D eigenvalue weighted by atomic mass is 16.7. The molecule has 0 saturated carbocycles. The SMILES string of the molecule is CNc1ncc(N(C)Cc2ccccc2)cc1B1OC(C)(C)C(C)(C)O1. The van der Waals surface area contributed by atoms with Crippen molar-refractivity contribution in [2.75, 3.05) is 24.3 Å². The van der Waals surface area contributed by atoms with Gasteiger partial charge in [0.05, 0.1) is 23.1 Å². The molecule has 2 heterocycles. The first-order valence-corrected chi connectivity index (χ1v) is 9.02. The number of nitrogens with one attached hydrogen (secondary N) is 1. The van der Waals surface area contributed by atoms with E-state index in [2.05, 4.69) is 80.3 Å². The van der Waals surface area contributed by atoms with Crippen LogP contribution in [0.5, 0.6) is 0 Å². The van der Waals surface area contributed by atoms with Crippen molar-refractivity contribution in [3.63, 3.8) is 0 Å². The number of benzene rings is 1. The van der Waals surface area contributed by atoms with Gasteiger partial charge in [0.15, 0.2) is 0 Å². The maximum atomic E-state index is 6.22. The molecular weight excluding hydrogens is 325 g/mol. The molecule has 1 aromatic carbocycles. The van der Waals surface area contributed by atoms with Crippen molar-refractivity contribution >= 4 is 24.1 Å². The second-order valence-electron chi connectivity index (χ2n) is 7.81. The smallest absolute Gasteiger partial charge is 0.399 e. The second kappa shape index (κ2) is 6.93. The van der Waals surface area contributed by atoms with Crippen LogP contribution in [0, 0.1) is 0 Å². The zero-order valence-corrected chi connectivity index (χ0v) is 16.5. The highest BCUT2D eigenvalue weighted by Crippen LogP contribution is 2.37. The molecule has 3 rings (SSSR count). The van der Waals surface area contributed by atoms with Crippen LogP contribution >= 0.6 is 0 Å². The van der Waals surface area contributed by atoms with E-state index < -0.39 is 7.12 Å². The molecule has 0 spiro atoms. The Morgan fingerprint density at radius 3 is 2.27 bits per heavy atom. The van der Waals surface area contributed by atoms with Gasteiger partial charge in [0.2, 0.25) is 0 Å². The summed E-state index contributed by atoms with van der Waals surface area (Å²) in [7, 11) is 3.49. The van der Waals surface area contributed by atoms with E-state index in [9.17, 15) is 0 Å². The Labute approximate surface area is 156 Å². The van der Waals surface area contributed by atoms with E-state index in [0.717, 1.165) is 23.5 Å². The molecule has 6 heteroatoms. The van der Waals surface area contributed by atoms with Crippen LogP contribution in [0.25, 0.3) is 0 Å². The number of aromatic nitrogens is 1. The predicted molar refractivity (Wildman–Crippen MR) is 108 cm³/mol. The van der Waals surface area contributed by atoms with Gasteiger partial charge in [0, 0.05) is 26.1 Å². The summed E-state index contributed by atoms with van der Waals surface area (Å²) >= 11 is 0. The fourth-order valence-electron chi connectivity index (χ4n) is 2.99. The normalized spacial score (nSPS) is 18.0. The number of anilines is 2. The van der Waals surface area contributed by atoms with Gasteiger partial charge in [-0.05, 0) is 39.3 Å². The Hall–Kier alpha value is -2.05. The molecule has 0 amide bonds. The van der Waals surface area contributed by atoms with Crippen LogP contribution in [0.3, 0.4) is 0 Å². The van der Waals surface area contributed by atoms with E-state index in [1.807, 2.05) is 19.3 Å². The molecule has 0 atom stereocenters. The molecule has 1 aliphatic rings. The lowest BCUT2D eigenvalue weighted by molar-refractivity contribution is 0.00578. The first-order valence-electron chi connectivity index (χ1n) is 9.02. The molecule has 1 fully saturated rings. The summed E-state index contributed by atoms with van der Waals surface area (Å²) in [5.41, 5.74) is 2.44. The molecule has 1 aliphatic heterocycles. The minimum Gasteiger partial charge on any atom is -0.399 e. The Morgan fingerprint density at radius 1 is 1.08 bits per heavy atom. The van der Waals surface area contributed by atoms with E-state index in [1.165, 1.54) is 5.56 Å². The summed E-state index contributed by atoms with van der Waals surface area (Å²) in [6.45, 7) is 9.05. The minimum absolute atomic E-state index is 0.380. The zero-order valence-electron chi connectivity index (χ0n) is 16.5. The molecule has 2 aromatic rings. The molecular formula is C20H28BN3O2. The van der Waals surface area contributed by atoms with E-state index in [0.29, 0.717) is 0 Å². The fourth-order valence-corrected chi connectivity index (χ4v) is 2.99. The van der Waals surface area contributed by atoms with Crippen LogP contribution in [0.1, 0.15) is 33.3 Å². The van der Waals surface area contributed by atoms with Gasteiger partial charge in [0.25, 0.3) is 0 Å². The second-order valence-corrected chi connectivity index (χ2v) is 7.81. The maximum absolute atomic E-state index is 6.22. The first kappa shape index (κ1) is 18.7. The van der Waals surface area contributed by atoms with E-state index in [4.69, 9.17) is 9.31 Å². The van der Waals surface area contributed by atoms with Gasteiger partial charge in [-0.15, -0.1) is 0 Å². The average molecular weight is 353 g/mol. The summed E-state index contributed by atoms with van der Waals surface area (Å²) < 4.78 is 12.4. The van der Waals surface area contributed by atoms with Gasteiger partial charge < -0.3 is 19.5 Å². The highest BCUT2D eigenvalue weighted by Gasteiger charge is 2.52. The predicted octanol–water partition coefficient (Wildman–Crippen LogP) is 3.06. The first-order chi connectivity index (χ1) is 12.2. The van der Waals surface area contributed by atoms with Crippen LogP contribution in [0.4, 0.5) is 11.5 Å². The number of nitrogens with zero attached hydrogens (tertiary/aromatic N) is 2. The molecule has 138 valence electrons. The number of hydrogen-bond donors (Lipinski definition) is 1. The van der Waals surface area contributed by atoms with Crippen molar-refractivity contribution in [2.45, 2.75) is 45.4 Å². The van der Waals surface area contributed by atoms with Crippen molar-refractivity contribution in [1.29, 1.82) is 0 Å². The topological polar surface area (TPSA) is 46.6 Å². The molecule has 0 unspecified atom stereocenters. The third kappa shape index (κ3) is 3.57. The molecule has 1 aromatic heterocycles. The van der Waals surface area contributed by atoms with E-state index in [1.54, 1.807) is 0 Å². The van der Waals surface area contributed by atoms with Gasteiger partial charge in [-0.3, -0.25) is 0 Å². The monoisotopic (exact) mass is 353 g/mol. The lowest BCUT2D eigenvalue weighted by Gasteiger charge is -2.32. The minimum atomic E-state index is -0.444. The van der Waals surface area contributed by atoms with Gasteiger partial charge in [-0.25, -0.2) is 4.98 Å². The Kier molecular flexibility index (Phi) is 4.99. The van der Waals surface area contributed by atoms with Crippen molar-refractivity contribution in [3.8, 4) is 0 Å². The van der Waals surface area contributed by atoms with Gasteiger partial charge in [-0.2, -0.15) is 0 Å². The van der Waals surface area contributed by atoms with Crippen molar-refractivity contribution in [2.24, 2.45) is 0 Å². The van der Waals surface area contributed by atoms with E-state index in [-0.39, 0.29) is 11.2 Å². The van der Waals surface area contributed by atoms with Crippen LogP contribution in [-0.4, -0.2) is 37.4 Å². The van der Waals surface area contributed by atoms with Gasteiger partial charge >= 0.3 is 7.12 Å². The highest BCUT2D eigenvalue weighted by molar-refractivity contribution is 6.63. The molecule has 0 bridgehead atoms. The zero-order chi connectivity index (χ0) is 18.9. The number of rotatable bonds is 5. The Morgan fingerprint density at radius 2 is 1.69 bits per heavy atom. The van der Waals surface area contributed by atoms with Crippen molar-refractivity contribution < 1.29 is 9.31 Å². The standard InChI is InChI=1S/C20H28BN3O2/c1-19(2)20(3,4)26-21(25-19)17-12-16(13-23-18(17)22-5)24(6)14-15-10-8-7-9-11-15/h7-13H,14H2,1-6H3,(H,22,23). The summed E-state index contributed by atoms with van der Waals surface area (Å²) in [4.78, 5) is 6.76. The van der Waals surface area contributed by atoms with Crippen LogP contribution in [0.15, 0.2) is 42.6 Å². The Balaban J connectivity index is 1.88. The fraction of sp³-hybridized carbons (Fsp3) is 0.450. The summed E-state index contributed by atoms with van der Waals surface area (Å²) in [5.74, 6) is 0.778. The van der Waals surface area contributed by atoms with Gasteiger partial charge in [-0.1, -0.05) is 30.3 Å². The molecule has 0 radical (unpaired) electrons. The quantitative estimate of drug-likeness (QED) is 0.838. The summed E-state index contributed by atoms with van der Waals surface area (Å²) in [6.07, 6.45) is 1.88. The number of pyridine rings is 1. The summed E-state index contributed by atoms with van der Waals surface area (Å²) in [5, 5.41) is 3.15. The van der Waals surface area contributed by atoms with Crippen molar-refractivity contribution in [1.82, 2.24) is 4.98 Å². The molecule has 0 aliphatic carbocycles. The molecule has 26 heavy (non-hydrogen) atoms.